The van der Waals surface area contributed by atoms with E-state index in [2.05, 4.69) is 0 Å². The van der Waals surface area contributed by atoms with Crippen molar-refractivity contribution < 1.29 is 17.4 Å². The van der Waals surface area contributed by atoms with Crippen LogP contribution in [0.25, 0.3) is 0 Å². The summed E-state index contributed by atoms with van der Waals surface area (Å²) in [5.41, 5.74) is 1.98. The molecule has 0 saturated carbocycles. The molecule has 0 spiro atoms. The van der Waals surface area contributed by atoms with E-state index in [1.165, 1.54) is 12.1 Å². The number of hydrogen-bond donors (Lipinski definition) is 0. The van der Waals surface area contributed by atoms with E-state index in [-0.39, 0.29) is 23.8 Å². The van der Waals surface area contributed by atoms with Crippen molar-refractivity contribution in [1.29, 1.82) is 0 Å². The normalized spacial score (nSPS) is 18.1. The van der Waals surface area contributed by atoms with Gasteiger partial charge in [-0.05, 0) is 24.6 Å². The highest BCUT2D eigenvalue weighted by Gasteiger charge is 2.34. The number of aryl methyl sites for hydroxylation is 1. The second kappa shape index (κ2) is 6.75. The van der Waals surface area contributed by atoms with Crippen molar-refractivity contribution in [2.75, 3.05) is 6.54 Å². The van der Waals surface area contributed by atoms with Crippen LogP contribution in [0.1, 0.15) is 17.5 Å². The largest absolute Gasteiger partial charge is 0.336 e. The van der Waals surface area contributed by atoms with Crippen LogP contribution in [0.3, 0.4) is 0 Å². The summed E-state index contributed by atoms with van der Waals surface area (Å²) in [6.07, 6.45) is -0.565. The third-order valence-electron chi connectivity index (χ3n) is 3.97. The molecule has 0 N–H and O–H groups in total. The third kappa shape index (κ3) is 3.83. The van der Waals surface area contributed by atoms with Crippen LogP contribution in [-0.2, 0) is 25.6 Å². The lowest BCUT2D eigenvalue weighted by molar-refractivity contribution is -0.128. The highest BCUT2D eigenvalue weighted by molar-refractivity contribution is 7.86. The van der Waals surface area contributed by atoms with Crippen LogP contribution in [0.5, 0.6) is 0 Å². The lowest BCUT2D eigenvalue weighted by atomic mass is 10.2. The molecule has 0 bridgehead atoms. The Labute approximate surface area is 142 Å². The van der Waals surface area contributed by atoms with Gasteiger partial charge in [-0.2, -0.15) is 8.42 Å². The summed E-state index contributed by atoms with van der Waals surface area (Å²) < 4.78 is 29.9. The van der Waals surface area contributed by atoms with Crippen LogP contribution in [-0.4, -0.2) is 31.9 Å². The summed E-state index contributed by atoms with van der Waals surface area (Å²) in [5.74, 6) is -0.0945. The first-order chi connectivity index (χ1) is 11.4. The van der Waals surface area contributed by atoms with Gasteiger partial charge >= 0.3 is 0 Å². The lowest BCUT2D eigenvalue weighted by Crippen LogP contribution is -2.26. The molecule has 1 saturated heterocycles. The van der Waals surface area contributed by atoms with E-state index in [0.717, 1.165) is 11.1 Å². The highest BCUT2D eigenvalue weighted by atomic mass is 32.2. The van der Waals surface area contributed by atoms with Gasteiger partial charge in [-0.1, -0.05) is 48.0 Å². The van der Waals surface area contributed by atoms with Gasteiger partial charge in [0, 0.05) is 13.1 Å². The van der Waals surface area contributed by atoms with Gasteiger partial charge in [-0.15, -0.1) is 0 Å². The Hall–Kier alpha value is -2.18. The molecule has 6 heteroatoms. The van der Waals surface area contributed by atoms with E-state index in [1.54, 1.807) is 17.0 Å². The standard InChI is InChI=1S/C18H19NO4S/c1-14-7-9-17(10-8-14)24(21,22)23-16-11-18(20)19(13-16)12-15-5-3-2-4-6-15/h2-10,16H,11-13H2,1H3. The van der Waals surface area contributed by atoms with Crippen LogP contribution in [0, 0.1) is 6.92 Å². The fourth-order valence-corrected chi connectivity index (χ4v) is 3.76. The minimum atomic E-state index is -3.86. The second-order valence-electron chi connectivity index (χ2n) is 5.95. The zero-order valence-corrected chi connectivity index (χ0v) is 14.2. The number of carbonyl (C=O) groups is 1. The van der Waals surface area contributed by atoms with Gasteiger partial charge < -0.3 is 4.90 Å². The van der Waals surface area contributed by atoms with Gasteiger partial charge in [0.15, 0.2) is 0 Å². The maximum atomic E-state index is 12.3. The molecular formula is C18H19NO4S. The average molecular weight is 345 g/mol. The van der Waals surface area contributed by atoms with Crippen LogP contribution in [0.4, 0.5) is 0 Å². The molecule has 1 heterocycles. The van der Waals surface area contributed by atoms with Crippen molar-refractivity contribution in [1.82, 2.24) is 4.90 Å². The maximum absolute atomic E-state index is 12.3. The highest BCUT2D eigenvalue weighted by Crippen LogP contribution is 2.22. The zero-order chi connectivity index (χ0) is 17.2. The van der Waals surface area contributed by atoms with Gasteiger partial charge in [0.2, 0.25) is 5.91 Å². The van der Waals surface area contributed by atoms with E-state index in [4.69, 9.17) is 4.18 Å². The number of hydrogen-bond acceptors (Lipinski definition) is 4. The van der Waals surface area contributed by atoms with E-state index in [0.29, 0.717) is 6.54 Å². The van der Waals surface area contributed by atoms with Gasteiger partial charge in [-0.25, -0.2) is 0 Å². The van der Waals surface area contributed by atoms with Gasteiger partial charge in [0.1, 0.15) is 6.10 Å². The van der Waals surface area contributed by atoms with Crippen LogP contribution in [0.2, 0.25) is 0 Å². The summed E-state index contributed by atoms with van der Waals surface area (Å²) in [6, 6.07) is 16.1. The van der Waals surface area contributed by atoms with Gasteiger partial charge in [-0.3, -0.25) is 8.98 Å². The molecule has 1 amide bonds. The quantitative estimate of drug-likeness (QED) is 0.781. The fourth-order valence-electron chi connectivity index (χ4n) is 2.70. The minimum Gasteiger partial charge on any atom is -0.336 e. The Morgan fingerprint density at radius 1 is 1.08 bits per heavy atom. The molecule has 1 atom stereocenters. The Kier molecular flexibility index (Phi) is 4.69. The molecule has 2 aromatic carbocycles. The molecule has 1 fully saturated rings. The summed E-state index contributed by atoms with van der Waals surface area (Å²) in [7, 11) is -3.86. The van der Waals surface area contributed by atoms with Crippen molar-refractivity contribution in [2.45, 2.75) is 30.9 Å². The smallest absolute Gasteiger partial charge is 0.297 e. The van der Waals surface area contributed by atoms with Crippen molar-refractivity contribution >= 4 is 16.0 Å². The molecule has 0 aliphatic carbocycles. The molecule has 0 aromatic heterocycles. The monoisotopic (exact) mass is 345 g/mol. The van der Waals surface area contributed by atoms with Crippen LogP contribution in [0.15, 0.2) is 59.5 Å². The molecule has 3 rings (SSSR count). The number of amides is 1. The van der Waals surface area contributed by atoms with Gasteiger partial charge in [0.25, 0.3) is 10.1 Å². The number of nitrogens with zero attached hydrogens (tertiary/aromatic N) is 1. The second-order valence-corrected chi connectivity index (χ2v) is 7.52. The predicted molar refractivity (Wildman–Crippen MR) is 89.7 cm³/mol. The fraction of sp³-hybridized carbons (Fsp3) is 0.278. The van der Waals surface area contributed by atoms with E-state index in [1.807, 2.05) is 37.3 Å². The molecule has 1 aliphatic heterocycles. The van der Waals surface area contributed by atoms with Crippen molar-refractivity contribution in [3.8, 4) is 0 Å². The number of benzene rings is 2. The Balaban J connectivity index is 1.66. The Morgan fingerprint density at radius 2 is 1.75 bits per heavy atom. The van der Waals surface area contributed by atoms with Gasteiger partial charge in [0.05, 0.1) is 11.3 Å². The molecule has 2 aromatic rings. The lowest BCUT2D eigenvalue weighted by Gasteiger charge is -2.16. The summed E-state index contributed by atoms with van der Waals surface area (Å²) in [4.78, 5) is 13.8. The molecule has 1 unspecified atom stereocenters. The zero-order valence-electron chi connectivity index (χ0n) is 13.4. The topological polar surface area (TPSA) is 63.7 Å². The summed E-state index contributed by atoms with van der Waals surface area (Å²) >= 11 is 0. The number of rotatable bonds is 5. The SMILES string of the molecule is Cc1ccc(S(=O)(=O)OC2CC(=O)N(Cc3ccccc3)C2)cc1. The first-order valence-corrected chi connectivity index (χ1v) is 9.16. The van der Waals surface area contributed by atoms with Crippen LogP contribution >= 0.6 is 0 Å². The van der Waals surface area contributed by atoms with E-state index < -0.39 is 16.2 Å². The first kappa shape index (κ1) is 16.7. The third-order valence-corrected chi connectivity index (χ3v) is 5.34. The molecule has 126 valence electrons. The molecule has 5 nitrogen and oxygen atoms in total. The molecule has 1 aliphatic rings. The molecule has 0 radical (unpaired) electrons. The van der Waals surface area contributed by atoms with Crippen molar-refractivity contribution in [3.05, 3.63) is 65.7 Å². The maximum Gasteiger partial charge on any atom is 0.297 e. The van der Waals surface area contributed by atoms with Crippen molar-refractivity contribution in [2.24, 2.45) is 0 Å². The Bertz CT molecular complexity index is 816. The predicted octanol–water partition coefficient (Wildman–Crippen LogP) is 2.50. The average Bonchev–Trinajstić information content (AvgIpc) is 2.87. The minimum absolute atomic E-state index is 0.0813. The van der Waals surface area contributed by atoms with Crippen molar-refractivity contribution in [3.63, 3.8) is 0 Å². The summed E-state index contributed by atoms with van der Waals surface area (Å²) in [6.45, 7) is 2.62. The van der Waals surface area contributed by atoms with E-state index >= 15 is 0 Å². The number of likely N-dealkylation sites (tertiary alicyclic amines) is 1. The van der Waals surface area contributed by atoms with Crippen LogP contribution < -0.4 is 0 Å². The molecular weight excluding hydrogens is 326 g/mol. The molecule has 24 heavy (non-hydrogen) atoms. The first-order valence-electron chi connectivity index (χ1n) is 7.76. The Morgan fingerprint density at radius 3 is 2.42 bits per heavy atom. The summed E-state index contributed by atoms with van der Waals surface area (Å²) in [5, 5.41) is 0. The van der Waals surface area contributed by atoms with E-state index in [9.17, 15) is 13.2 Å². The number of carbonyl (C=O) groups excluding carboxylic acids is 1.